The van der Waals surface area contributed by atoms with Gasteiger partial charge in [-0.15, -0.1) is 5.10 Å². The highest BCUT2D eigenvalue weighted by Gasteiger charge is 2.44. The zero-order valence-electron chi connectivity index (χ0n) is 20.1. The molecule has 0 aromatic carbocycles. The van der Waals surface area contributed by atoms with Crippen molar-refractivity contribution in [2.45, 2.75) is 25.0 Å². The van der Waals surface area contributed by atoms with Crippen molar-refractivity contribution in [3.8, 4) is 17.0 Å². The molecule has 2 N–H and O–H groups in total. The number of fused-ring (bicyclic) bond motifs is 5. The van der Waals surface area contributed by atoms with Gasteiger partial charge in [-0.1, -0.05) is 6.07 Å². The van der Waals surface area contributed by atoms with Crippen molar-refractivity contribution in [2.24, 2.45) is 0 Å². The van der Waals surface area contributed by atoms with Crippen LogP contribution in [0.4, 0.5) is 5.82 Å². The number of pyridine rings is 3. The second-order valence-electron chi connectivity index (χ2n) is 9.61. The summed E-state index contributed by atoms with van der Waals surface area (Å²) < 4.78 is 6.76. The molecule has 5 aromatic rings. The predicted octanol–water partition coefficient (Wildman–Crippen LogP) is 2.84. The summed E-state index contributed by atoms with van der Waals surface area (Å²) >= 11 is 0. The van der Waals surface area contributed by atoms with E-state index in [-0.39, 0.29) is 5.56 Å². The number of H-pyrrole nitrogens is 1. The minimum Gasteiger partial charge on any atom is -0.481 e. The monoisotopic (exact) mass is 496 g/mol. The number of aromatic carboxylic acids is 1. The van der Waals surface area contributed by atoms with E-state index in [1.165, 1.54) is 18.2 Å². The molecule has 0 amide bonds. The van der Waals surface area contributed by atoms with Crippen LogP contribution < -0.4 is 9.64 Å². The Kier molecular flexibility index (Phi) is 4.86. The number of aromatic nitrogens is 6. The molecule has 8 heterocycles. The quantitative estimate of drug-likeness (QED) is 0.365. The van der Waals surface area contributed by atoms with Crippen LogP contribution in [0.3, 0.4) is 0 Å². The fourth-order valence-corrected chi connectivity index (χ4v) is 5.60. The lowest BCUT2D eigenvalue weighted by molar-refractivity contribution is -0.00876. The average molecular weight is 497 g/mol. The van der Waals surface area contributed by atoms with E-state index < -0.39 is 5.97 Å². The van der Waals surface area contributed by atoms with E-state index in [1.54, 1.807) is 23.9 Å². The van der Waals surface area contributed by atoms with Crippen molar-refractivity contribution in [1.29, 1.82) is 0 Å². The normalized spacial score (nSPS) is 19.3. The Morgan fingerprint density at radius 2 is 2.00 bits per heavy atom. The van der Waals surface area contributed by atoms with E-state index in [0.717, 1.165) is 47.5 Å². The lowest BCUT2D eigenvalue weighted by Gasteiger charge is -2.56. The lowest BCUT2D eigenvalue weighted by Crippen LogP contribution is -2.68. The summed E-state index contributed by atoms with van der Waals surface area (Å²) in [6.45, 7) is 2.73. The van der Waals surface area contributed by atoms with Gasteiger partial charge < -0.3 is 14.7 Å². The van der Waals surface area contributed by atoms with E-state index >= 15 is 0 Å². The number of anilines is 1. The summed E-state index contributed by atoms with van der Waals surface area (Å²) in [6.07, 6.45) is 8.12. The summed E-state index contributed by atoms with van der Waals surface area (Å²) in [6, 6.07) is 10.6. The van der Waals surface area contributed by atoms with Gasteiger partial charge in [-0.3, -0.25) is 10.00 Å². The molecule has 37 heavy (non-hydrogen) atoms. The molecular formula is C26H24N8O3. The number of carboxylic acids is 1. The molecule has 5 aromatic heterocycles. The van der Waals surface area contributed by atoms with Gasteiger partial charge in [-0.25, -0.2) is 19.3 Å². The maximum absolute atomic E-state index is 11.8. The Morgan fingerprint density at radius 3 is 2.70 bits per heavy atom. The maximum Gasteiger partial charge on any atom is 0.337 e. The highest BCUT2D eigenvalue weighted by Crippen LogP contribution is 2.36. The third-order valence-electron chi connectivity index (χ3n) is 7.47. The van der Waals surface area contributed by atoms with Gasteiger partial charge in [0.25, 0.3) is 0 Å². The van der Waals surface area contributed by atoms with Gasteiger partial charge in [-0.2, -0.15) is 5.10 Å². The topological polar surface area (TPSA) is 125 Å². The number of rotatable bonds is 6. The number of carboxylic acid groups (broad SMARTS) is 1. The number of methoxy groups -OCH3 is 1. The SMILES string of the molecule is COc1ccc(CN2C3CC2CN(c2ccc(-c4cc(C(=O)O)cn5nc6[nH]ncc6c45)cn2)C3)cn1. The van der Waals surface area contributed by atoms with Gasteiger partial charge in [0.15, 0.2) is 5.65 Å². The first kappa shape index (κ1) is 21.7. The molecule has 3 aliphatic heterocycles. The van der Waals surface area contributed by atoms with Crippen LogP contribution >= 0.6 is 0 Å². The number of hydrogen-bond acceptors (Lipinski definition) is 8. The van der Waals surface area contributed by atoms with Crippen molar-refractivity contribution < 1.29 is 14.6 Å². The summed E-state index contributed by atoms with van der Waals surface area (Å²) in [4.78, 5) is 25.7. The molecule has 11 heteroatoms. The van der Waals surface area contributed by atoms with Crippen molar-refractivity contribution in [3.63, 3.8) is 0 Å². The van der Waals surface area contributed by atoms with E-state index in [1.807, 2.05) is 30.6 Å². The standard InChI is InChI=1S/C26H24N8O3/c1-37-23-5-2-15(8-28-23)11-33-18-7-19(33)14-32(13-18)22-4-3-16(9-27-22)20-6-17(26(35)36)12-34-24(20)21-10-29-30-25(21)31-34/h2-6,8-10,12,18-19H,7,11,13-14H2,1H3,(H,30,31)(H,35,36). The Bertz CT molecular complexity index is 1610. The number of nitrogens with one attached hydrogen (secondary N) is 1. The smallest absolute Gasteiger partial charge is 0.337 e. The fraction of sp³-hybridized carbons (Fsp3) is 0.269. The van der Waals surface area contributed by atoms with Crippen LogP contribution in [-0.2, 0) is 6.54 Å². The minimum absolute atomic E-state index is 0.160. The fourth-order valence-electron chi connectivity index (χ4n) is 5.60. The summed E-state index contributed by atoms with van der Waals surface area (Å²) in [5.41, 5.74) is 4.34. The number of piperazine rings is 1. The molecule has 186 valence electrons. The van der Waals surface area contributed by atoms with Crippen LogP contribution in [0, 0.1) is 0 Å². The number of piperidine rings is 1. The molecule has 8 rings (SSSR count). The van der Waals surface area contributed by atoms with Crippen LogP contribution in [0.5, 0.6) is 5.88 Å². The van der Waals surface area contributed by atoms with Crippen LogP contribution in [0.1, 0.15) is 22.3 Å². The van der Waals surface area contributed by atoms with Gasteiger partial charge in [0.1, 0.15) is 5.82 Å². The van der Waals surface area contributed by atoms with Crippen molar-refractivity contribution >= 4 is 28.3 Å². The third kappa shape index (κ3) is 3.58. The number of carbonyl (C=O) groups is 1. The van der Waals surface area contributed by atoms with Crippen molar-refractivity contribution in [1.82, 2.24) is 34.7 Å². The highest BCUT2D eigenvalue weighted by molar-refractivity contribution is 6.02. The van der Waals surface area contributed by atoms with E-state index in [4.69, 9.17) is 9.72 Å². The first-order chi connectivity index (χ1) is 18.1. The Labute approximate surface area is 211 Å². The second-order valence-corrected chi connectivity index (χ2v) is 9.61. The zero-order valence-corrected chi connectivity index (χ0v) is 20.1. The average Bonchev–Trinajstić information content (AvgIpc) is 3.53. The van der Waals surface area contributed by atoms with Gasteiger partial charge in [-0.05, 0) is 30.2 Å². The molecule has 0 radical (unpaired) electrons. The van der Waals surface area contributed by atoms with Crippen LogP contribution in [0.15, 0.2) is 55.1 Å². The molecular weight excluding hydrogens is 472 g/mol. The second kappa shape index (κ2) is 8.27. The predicted molar refractivity (Wildman–Crippen MR) is 136 cm³/mol. The van der Waals surface area contributed by atoms with Crippen LogP contribution in [0.25, 0.3) is 27.7 Å². The molecule has 0 spiro atoms. The van der Waals surface area contributed by atoms with E-state index in [9.17, 15) is 9.90 Å². The van der Waals surface area contributed by atoms with Gasteiger partial charge in [0.05, 0.1) is 29.8 Å². The molecule has 0 saturated carbocycles. The Morgan fingerprint density at radius 1 is 1.14 bits per heavy atom. The molecule has 3 aliphatic rings. The number of ether oxygens (including phenoxy) is 1. The molecule has 2 unspecified atom stereocenters. The lowest BCUT2D eigenvalue weighted by atomic mass is 9.87. The third-order valence-corrected chi connectivity index (χ3v) is 7.47. The first-order valence-corrected chi connectivity index (χ1v) is 12.1. The molecule has 2 bridgehead atoms. The molecule has 3 fully saturated rings. The van der Waals surface area contributed by atoms with Crippen molar-refractivity contribution in [3.05, 3.63) is 66.2 Å². The maximum atomic E-state index is 11.8. The molecule has 3 saturated heterocycles. The summed E-state index contributed by atoms with van der Waals surface area (Å²) in [5, 5.41) is 21.8. The van der Waals surface area contributed by atoms with E-state index in [0.29, 0.717) is 23.6 Å². The number of nitrogens with zero attached hydrogens (tertiary/aromatic N) is 7. The zero-order chi connectivity index (χ0) is 25.1. The molecule has 2 atom stereocenters. The van der Waals surface area contributed by atoms with Crippen LogP contribution in [-0.4, -0.2) is 78.0 Å². The molecule has 11 nitrogen and oxygen atoms in total. The number of aromatic amines is 1. The van der Waals surface area contributed by atoms with E-state index in [2.05, 4.69) is 36.1 Å². The van der Waals surface area contributed by atoms with Gasteiger partial charge in [0, 0.05) is 67.5 Å². The van der Waals surface area contributed by atoms with Crippen LogP contribution in [0.2, 0.25) is 0 Å². The van der Waals surface area contributed by atoms with Gasteiger partial charge >= 0.3 is 5.97 Å². The Balaban J connectivity index is 1.12. The summed E-state index contributed by atoms with van der Waals surface area (Å²) in [7, 11) is 1.63. The molecule has 0 aliphatic carbocycles. The minimum atomic E-state index is -1.01. The Hall–Kier alpha value is -4.51. The summed E-state index contributed by atoms with van der Waals surface area (Å²) in [5.74, 6) is 0.551. The van der Waals surface area contributed by atoms with Crippen molar-refractivity contribution in [2.75, 3.05) is 25.1 Å². The first-order valence-electron chi connectivity index (χ1n) is 12.1. The largest absolute Gasteiger partial charge is 0.481 e. The van der Waals surface area contributed by atoms with Gasteiger partial charge in [0.2, 0.25) is 5.88 Å². The number of hydrogen-bond donors (Lipinski definition) is 2. The highest BCUT2D eigenvalue weighted by atomic mass is 16.5.